The molecule has 0 aliphatic carbocycles. The molecule has 0 aliphatic heterocycles. The van der Waals surface area contributed by atoms with Gasteiger partial charge in [-0.3, -0.25) is 4.79 Å². The minimum absolute atomic E-state index is 0.0976. The monoisotopic (exact) mass is 191 g/mol. The van der Waals surface area contributed by atoms with Crippen LogP contribution < -0.4 is 0 Å². The molecule has 0 fully saturated rings. The van der Waals surface area contributed by atoms with Crippen LogP contribution in [0.15, 0.2) is 0 Å². The molecule has 7 heteroatoms. The maximum absolute atomic E-state index is 12.0. The summed E-state index contributed by atoms with van der Waals surface area (Å²) in [6.07, 6.45) is -5.70. The summed E-state index contributed by atoms with van der Waals surface area (Å²) in [5, 5.41) is 0. The number of carbonyl (C=O) groups is 1. The molecule has 0 atom stereocenters. The largest absolute Gasteiger partial charge is 0.455 e. The molecule has 2 nitrogen and oxygen atoms in total. The fourth-order valence-electron chi connectivity index (χ4n) is 0.440. The van der Waals surface area contributed by atoms with Crippen molar-refractivity contribution in [3.63, 3.8) is 0 Å². The van der Waals surface area contributed by atoms with Crippen LogP contribution in [0, 0.1) is 0 Å². The number of hydrogen-bond donors (Lipinski definition) is 0. The number of carbonyl (C=O) groups excluding carboxylic acids is 1. The minimum atomic E-state index is -5.61. The average molecular weight is 191 g/mol. The maximum Gasteiger partial charge on any atom is 0.455 e. The second-order valence-electron chi connectivity index (χ2n) is 2.22. The summed E-state index contributed by atoms with van der Waals surface area (Å²) in [6, 6.07) is 0. The molecule has 0 rings (SSSR count). The Morgan fingerprint density at radius 3 is 1.92 bits per heavy atom. The summed E-state index contributed by atoms with van der Waals surface area (Å²) < 4.78 is 58.4. The van der Waals surface area contributed by atoms with Gasteiger partial charge in [0.25, 0.3) is 0 Å². The van der Waals surface area contributed by atoms with E-state index in [2.05, 4.69) is 0 Å². The molecule has 0 saturated carbocycles. The highest BCUT2D eigenvalue weighted by Gasteiger charge is 2.57. The van der Waals surface area contributed by atoms with Crippen molar-refractivity contribution in [1.82, 2.24) is 4.90 Å². The average Bonchev–Trinajstić information content (AvgIpc) is 1.84. The smallest absolute Gasteiger partial charge is 0.342 e. The summed E-state index contributed by atoms with van der Waals surface area (Å²) in [5.41, 5.74) is 0. The van der Waals surface area contributed by atoms with Crippen LogP contribution in [0.4, 0.5) is 22.0 Å². The lowest BCUT2D eigenvalue weighted by Gasteiger charge is -2.22. The Balaban J connectivity index is 4.32. The first-order valence-electron chi connectivity index (χ1n) is 2.81. The van der Waals surface area contributed by atoms with Crippen LogP contribution in [0.3, 0.4) is 0 Å². The fraction of sp³-hybridized carbons (Fsp3) is 0.800. The van der Waals surface area contributed by atoms with Crippen LogP contribution in [0.25, 0.3) is 0 Å². The first-order valence-corrected chi connectivity index (χ1v) is 2.81. The molecular formula is C5H6F5NO. The molecule has 0 spiro atoms. The second-order valence-corrected chi connectivity index (χ2v) is 2.22. The van der Waals surface area contributed by atoms with Crippen molar-refractivity contribution >= 4 is 6.41 Å². The van der Waals surface area contributed by atoms with Crippen molar-refractivity contribution < 1.29 is 26.7 Å². The van der Waals surface area contributed by atoms with Crippen molar-refractivity contribution in [3.8, 4) is 0 Å². The van der Waals surface area contributed by atoms with Gasteiger partial charge in [-0.15, -0.1) is 0 Å². The Hall–Kier alpha value is -0.880. The lowest BCUT2D eigenvalue weighted by Crippen LogP contribution is -2.45. The van der Waals surface area contributed by atoms with Crippen molar-refractivity contribution in [2.75, 3.05) is 13.6 Å². The van der Waals surface area contributed by atoms with E-state index in [1.807, 2.05) is 0 Å². The lowest BCUT2D eigenvalue weighted by atomic mass is 10.3. The normalized spacial score (nSPS) is 12.8. The van der Waals surface area contributed by atoms with E-state index in [4.69, 9.17) is 0 Å². The highest BCUT2D eigenvalue weighted by Crippen LogP contribution is 2.35. The van der Waals surface area contributed by atoms with E-state index in [9.17, 15) is 26.7 Å². The van der Waals surface area contributed by atoms with Crippen LogP contribution in [-0.2, 0) is 4.79 Å². The third-order valence-corrected chi connectivity index (χ3v) is 1.04. The van der Waals surface area contributed by atoms with Crippen molar-refractivity contribution in [1.29, 1.82) is 0 Å². The standard InChI is InChI=1S/C5H6F5NO/c1-11(3-12)2-4(6,7)5(8,9)10/h3H,2H2,1H3. The van der Waals surface area contributed by atoms with Gasteiger partial charge in [0.1, 0.15) is 0 Å². The predicted octanol–water partition coefficient (Wildman–Crippen LogP) is 1.27. The third kappa shape index (κ3) is 2.63. The molecule has 0 aliphatic rings. The topological polar surface area (TPSA) is 20.3 Å². The van der Waals surface area contributed by atoms with E-state index in [1.165, 1.54) is 0 Å². The van der Waals surface area contributed by atoms with Gasteiger partial charge in [-0.25, -0.2) is 0 Å². The van der Waals surface area contributed by atoms with E-state index in [1.54, 1.807) is 0 Å². The lowest BCUT2D eigenvalue weighted by molar-refractivity contribution is -0.284. The van der Waals surface area contributed by atoms with Gasteiger partial charge in [0.2, 0.25) is 6.41 Å². The number of amides is 1. The van der Waals surface area contributed by atoms with Gasteiger partial charge in [0.05, 0.1) is 6.54 Å². The first-order chi connectivity index (χ1) is 5.20. The van der Waals surface area contributed by atoms with Crippen molar-refractivity contribution in [2.45, 2.75) is 12.1 Å². The Morgan fingerprint density at radius 2 is 1.67 bits per heavy atom. The van der Waals surface area contributed by atoms with Gasteiger partial charge < -0.3 is 4.90 Å². The molecule has 0 aromatic rings. The Labute approximate surface area is 64.9 Å². The molecule has 0 N–H and O–H groups in total. The highest BCUT2D eigenvalue weighted by molar-refractivity contribution is 5.46. The Kier molecular flexibility index (Phi) is 3.00. The Bertz CT molecular complexity index is 166. The van der Waals surface area contributed by atoms with Crippen LogP contribution in [0.5, 0.6) is 0 Å². The van der Waals surface area contributed by atoms with Gasteiger partial charge >= 0.3 is 12.1 Å². The quantitative estimate of drug-likeness (QED) is 0.486. The molecule has 0 bridgehead atoms. The number of alkyl halides is 5. The zero-order valence-electron chi connectivity index (χ0n) is 6.03. The number of nitrogens with zero attached hydrogens (tertiary/aromatic N) is 1. The summed E-state index contributed by atoms with van der Waals surface area (Å²) in [5.74, 6) is -4.84. The van der Waals surface area contributed by atoms with Gasteiger partial charge in [0, 0.05) is 7.05 Å². The zero-order chi connectivity index (χ0) is 9.99. The highest BCUT2D eigenvalue weighted by atomic mass is 19.4. The van der Waals surface area contributed by atoms with Gasteiger partial charge in [-0.1, -0.05) is 0 Å². The number of hydrogen-bond acceptors (Lipinski definition) is 1. The zero-order valence-corrected chi connectivity index (χ0v) is 6.03. The molecule has 0 radical (unpaired) electrons. The molecule has 0 unspecified atom stereocenters. The van der Waals surface area contributed by atoms with Gasteiger partial charge in [-0.05, 0) is 0 Å². The molecule has 0 saturated heterocycles. The molecule has 0 aromatic heterocycles. The fourth-order valence-corrected chi connectivity index (χ4v) is 0.440. The van der Waals surface area contributed by atoms with E-state index < -0.39 is 18.6 Å². The molecule has 0 heterocycles. The van der Waals surface area contributed by atoms with Gasteiger partial charge in [0.15, 0.2) is 0 Å². The van der Waals surface area contributed by atoms with Crippen LogP contribution in [0.1, 0.15) is 0 Å². The summed E-state index contributed by atoms with van der Waals surface area (Å²) in [7, 11) is 0.840. The second kappa shape index (κ2) is 3.24. The molecule has 1 amide bonds. The van der Waals surface area contributed by atoms with Crippen LogP contribution >= 0.6 is 0 Å². The predicted molar refractivity (Wildman–Crippen MR) is 29.7 cm³/mol. The van der Waals surface area contributed by atoms with Crippen LogP contribution in [-0.4, -0.2) is 37.0 Å². The van der Waals surface area contributed by atoms with E-state index in [-0.39, 0.29) is 11.3 Å². The summed E-state index contributed by atoms with van der Waals surface area (Å²) >= 11 is 0. The van der Waals surface area contributed by atoms with Crippen molar-refractivity contribution in [2.24, 2.45) is 0 Å². The summed E-state index contributed by atoms with van der Waals surface area (Å²) in [6.45, 7) is -1.65. The van der Waals surface area contributed by atoms with Crippen LogP contribution in [0.2, 0.25) is 0 Å². The third-order valence-electron chi connectivity index (χ3n) is 1.04. The summed E-state index contributed by atoms with van der Waals surface area (Å²) in [4.78, 5) is 9.96. The maximum atomic E-state index is 12.0. The molecule has 0 aromatic carbocycles. The number of halogens is 5. The van der Waals surface area contributed by atoms with E-state index in [0.29, 0.717) is 0 Å². The molecular weight excluding hydrogens is 185 g/mol. The molecule has 12 heavy (non-hydrogen) atoms. The Morgan fingerprint density at radius 1 is 1.25 bits per heavy atom. The molecule has 72 valence electrons. The minimum Gasteiger partial charge on any atom is -0.342 e. The number of rotatable bonds is 3. The van der Waals surface area contributed by atoms with E-state index in [0.717, 1.165) is 7.05 Å². The van der Waals surface area contributed by atoms with Gasteiger partial charge in [-0.2, -0.15) is 22.0 Å². The van der Waals surface area contributed by atoms with Crippen molar-refractivity contribution in [3.05, 3.63) is 0 Å². The van der Waals surface area contributed by atoms with E-state index >= 15 is 0 Å². The first kappa shape index (κ1) is 11.1. The SMILES string of the molecule is CN(C=O)CC(F)(F)C(F)(F)F.